The zero-order valence-electron chi connectivity index (χ0n) is 57.3. The lowest BCUT2D eigenvalue weighted by Crippen LogP contribution is -2.48. The number of allylic oxidation sites excluding steroid dienone is 2. The van der Waals surface area contributed by atoms with Crippen LogP contribution >= 0.6 is 6.89 Å². The highest BCUT2D eigenvalue weighted by atomic mass is 31.2. The third-order valence-electron chi connectivity index (χ3n) is 31.2. The van der Waals surface area contributed by atoms with Crippen molar-refractivity contribution >= 4 is 309 Å². The summed E-state index contributed by atoms with van der Waals surface area (Å²) in [6.45, 7) is 10.3. The molecule has 5 nitrogen and oxygen atoms in total. The predicted molar refractivity (Wildman–Crippen MR) is 445 cm³/mol. The molecule has 32 aromatic rings. The lowest BCUT2D eigenvalue weighted by molar-refractivity contribution is 0.0936. The Labute approximate surface area is 592 Å². The van der Waals surface area contributed by atoms with Crippen molar-refractivity contribution < 1.29 is 4.79 Å². The van der Waals surface area contributed by atoms with Crippen molar-refractivity contribution in [2.45, 2.75) is 63.2 Å². The second-order valence-electron chi connectivity index (χ2n) is 36.3. The van der Waals surface area contributed by atoms with Gasteiger partial charge in [-0.05, 0) is 182 Å². The third-order valence-corrected chi connectivity index (χ3v) is 35.5. The second-order valence-corrected chi connectivity index (χ2v) is 39.6. The third kappa shape index (κ3) is 3.64. The van der Waals surface area contributed by atoms with Crippen LogP contribution in [0.2, 0.25) is 0 Å². The summed E-state index contributed by atoms with van der Waals surface area (Å²) in [5.74, 6) is -0.0837. The average Bonchev–Trinajstić information content (AvgIpc) is 1.40. The fourth-order valence-electron chi connectivity index (χ4n) is 28.8. The molecule has 0 N–H and O–H groups in total. The fourth-order valence-corrected chi connectivity index (χ4v) is 33.4. The number of benzene rings is 20. The summed E-state index contributed by atoms with van der Waals surface area (Å²) < 4.78 is 0. The Balaban J connectivity index is 1.04. The van der Waals surface area contributed by atoms with Gasteiger partial charge in [-0.25, -0.2) is 0 Å². The zero-order chi connectivity index (χ0) is 67.9. The molecule has 0 bridgehead atoms. The van der Waals surface area contributed by atoms with Gasteiger partial charge < -0.3 is 0 Å². The van der Waals surface area contributed by atoms with Crippen LogP contribution in [0.25, 0.3) is 280 Å². The highest BCUT2D eigenvalue weighted by Gasteiger charge is 2.62. The Morgan fingerprint density at radius 3 is 1.05 bits per heavy atom. The van der Waals surface area contributed by atoms with Gasteiger partial charge in [-0.3, -0.25) is 24.4 Å². The second kappa shape index (κ2) is 13.1. The van der Waals surface area contributed by atoms with Crippen molar-refractivity contribution in [1.82, 2.24) is 9.97 Å². The van der Waals surface area contributed by atoms with Gasteiger partial charge in [0.2, 0.25) is 0 Å². The molecule has 30 aromatic carbocycles. The van der Waals surface area contributed by atoms with Crippen molar-refractivity contribution in [3.8, 4) is 0 Å². The maximum atomic E-state index is 19.7. The van der Waals surface area contributed by atoms with Gasteiger partial charge in [0.1, 0.15) is 5.41 Å². The van der Waals surface area contributed by atoms with Crippen molar-refractivity contribution in [1.29, 1.82) is 0 Å². The molecule has 0 radical (unpaired) electrons. The van der Waals surface area contributed by atoms with E-state index >= 15 is 14.4 Å². The van der Waals surface area contributed by atoms with E-state index in [0.29, 0.717) is 16.6 Å². The summed E-state index contributed by atoms with van der Waals surface area (Å²) in [6.07, 6.45) is 6.71. The van der Waals surface area contributed by atoms with Crippen LogP contribution in [0.15, 0.2) is 149 Å². The molecule has 106 heavy (non-hydrogen) atoms. The Morgan fingerprint density at radius 2 is 0.623 bits per heavy atom. The number of rotatable bonds is 5. The summed E-state index contributed by atoms with van der Waals surface area (Å²) in [6, 6.07) is 44.5. The predicted octanol–water partition coefficient (Wildman–Crippen LogP) is 22.8. The Bertz CT molecular complexity index is 9920. The maximum Gasteiger partial charge on any atom is 0.195 e. The summed E-state index contributed by atoms with van der Waals surface area (Å²) in [5.41, 5.74) is 3.19. The number of ketones is 1. The first-order valence-electron chi connectivity index (χ1n) is 38.0. The van der Waals surface area contributed by atoms with Gasteiger partial charge >= 0.3 is 0 Å². The van der Waals surface area contributed by atoms with Crippen LogP contribution in [-0.2, 0) is 21.7 Å². The summed E-state index contributed by atoms with van der Waals surface area (Å²) in [4.78, 5) is 70.4. The fraction of sp³-hybridized carbons (Fsp3) is 0.100. The topological polar surface area (TPSA) is 77.0 Å². The first-order valence-corrected chi connectivity index (χ1v) is 39.8. The van der Waals surface area contributed by atoms with E-state index in [1.165, 1.54) is 215 Å². The van der Waals surface area contributed by atoms with Gasteiger partial charge in [-0.15, -0.1) is 0 Å². The molecule has 2 atom stereocenters. The van der Waals surface area contributed by atoms with Crippen LogP contribution in [0.5, 0.6) is 0 Å². The van der Waals surface area contributed by atoms with E-state index in [0.717, 1.165) is 114 Å². The molecule has 474 valence electrons. The molecule has 3 aliphatic rings. The number of pyridine rings is 2. The van der Waals surface area contributed by atoms with Crippen LogP contribution < -0.4 is 26.8 Å². The summed E-state index contributed by atoms with van der Waals surface area (Å²) >= 11 is 0. The molecule has 2 heterocycles. The molecular weight excluding hydrogens is 1310 g/mol. The summed E-state index contributed by atoms with van der Waals surface area (Å²) in [5, 5.41) is 67.4. The molecule has 0 spiro atoms. The monoisotopic (exact) mass is 1350 g/mol. The number of carbonyl (C=O) groups is 1. The van der Waals surface area contributed by atoms with E-state index in [-0.39, 0.29) is 16.6 Å². The SMILES string of the molecule is CC(C)(C)c1cccc(C23C=CC4(c5ncccc5C(C)(C)C)C(=O)c5c6c(=O)c7c8c9c%10c(=P(c%11ccccc%11)(c%11ccccc%11)c%11ccccc%11)c(=O)c%11c2c2c%12c%13c3c4c3c5c4c5c6c7c6c7c8c8c9c9c(c%11%10)c2c2c%10c%12c%11c%12c%13c3c3c4c4c5c6c5c7c6c8c(c29)c2c%10c%11c7c(c3%12)c4c5c7c62)n1. The van der Waals surface area contributed by atoms with Gasteiger partial charge in [0.15, 0.2) is 16.6 Å². The van der Waals surface area contributed by atoms with Crippen molar-refractivity contribution in [2.24, 2.45) is 0 Å². The number of Topliss-reactive ketones (excluding diaryl/α,β-unsaturated/α-hetero) is 1. The molecular formula is C100H41N2O3P. The number of fused-ring (bicyclic) bond motifs is 6. The lowest BCUT2D eigenvalue weighted by Gasteiger charge is -2.49. The van der Waals surface area contributed by atoms with E-state index in [1.54, 1.807) is 0 Å². The number of carbonyl (C=O) groups excluding carboxylic acids is 1. The molecule has 0 fully saturated rings. The van der Waals surface area contributed by atoms with Gasteiger partial charge in [-0.2, -0.15) is 0 Å². The Morgan fingerprint density at radius 1 is 0.283 bits per heavy atom. The van der Waals surface area contributed by atoms with Crippen LogP contribution in [0.3, 0.4) is 0 Å². The number of nitrogens with zero attached hydrogens (tertiary/aromatic N) is 2. The highest BCUT2D eigenvalue weighted by molar-refractivity contribution is 7.89. The van der Waals surface area contributed by atoms with Crippen molar-refractivity contribution in [3.63, 3.8) is 0 Å². The minimum atomic E-state index is -3.40. The molecule has 35 rings (SSSR count). The first kappa shape index (κ1) is 49.4. The van der Waals surface area contributed by atoms with Gasteiger partial charge in [0.25, 0.3) is 0 Å². The smallest absolute Gasteiger partial charge is 0.195 e. The van der Waals surface area contributed by atoms with E-state index in [2.05, 4.69) is 175 Å². The number of hydrogen-bond acceptors (Lipinski definition) is 5. The van der Waals surface area contributed by atoms with Crippen LogP contribution in [0.4, 0.5) is 0 Å². The van der Waals surface area contributed by atoms with Crippen LogP contribution in [0, 0.1) is 4.94 Å². The first-order chi connectivity index (χ1) is 51.8. The molecule has 0 saturated carbocycles. The molecule has 6 heteroatoms. The minimum Gasteiger partial charge on any atom is -0.292 e. The van der Waals surface area contributed by atoms with E-state index in [9.17, 15) is 0 Å². The van der Waals surface area contributed by atoms with Gasteiger partial charge in [0, 0.05) is 195 Å². The van der Waals surface area contributed by atoms with Gasteiger partial charge in [-0.1, -0.05) is 157 Å². The Kier molecular flexibility index (Phi) is 6.12. The van der Waals surface area contributed by atoms with Crippen LogP contribution in [-0.4, -0.2) is 15.8 Å². The van der Waals surface area contributed by atoms with E-state index in [1.807, 2.05) is 6.20 Å². The quantitative estimate of drug-likeness (QED) is 0.0975. The van der Waals surface area contributed by atoms with Gasteiger partial charge in [0.05, 0.1) is 16.8 Å². The molecule has 2 unspecified atom stereocenters. The number of aromatic nitrogens is 2. The van der Waals surface area contributed by atoms with Crippen molar-refractivity contribution in [3.05, 3.63) is 210 Å². The van der Waals surface area contributed by atoms with E-state index in [4.69, 9.17) is 9.97 Å². The highest BCUT2D eigenvalue weighted by Crippen LogP contribution is 2.80. The molecule has 2 aromatic heterocycles. The average molecular weight is 1350 g/mol. The largest absolute Gasteiger partial charge is 0.292 e. The molecule has 0 saturated heterocycles. The standard InChI is InChI=1S/C100H41N2O3P/c1-97(2,3)33-24-17-29-101-95(33)100-28-27-99(35-26-16-25-34(102-35)98(4,5)6)89-81-71-61-51-43-39-37-36-38-41-45-40(36)47-46(39)55(61)68-56(47)62-54(45)63-57-50(41)53-52-44(38)48-42(37)49(43)59-65-58(48)64(52)74-75-66(53)69(57)79(83-73(63)72(62)82(78(68)81)90(99)91(83)100)87(96(100)105)85(75)92(103)84(74)76(65)77-67(59)60(51)70(71)80-86(77)94(93(104)88(80)89)106(30-18-10-7-11-19-30,31-20-12-8-13-21-31)32-22-14-9-15-23-32/h7-29H,1-6H3. The molecule has 0 amide bonds. The van der Waals surface area contributed by atoms with Crippen LogP contribution in [0.1, 0.15) is 91.2 Å². The minimum absolute atomic E-state index is 0.0417. The number of hydrogen-bond donors (Lipinski definition) is 0. The maximum absolute atomic E-state index is 19.7. The zero-order valence-corrected chi connectivity index (χ0v) is 58.2. The normalized spacial score (nSPS) is 18.8. The molecule has 0 aliphatic heterocycles. The lowest BCUT2D eigenvalue weighted by atomic mass is 9.51. The van der Waals surface area contributed by atoms with E-state index < -0.39 is 28.5 Å². The van der Waals surface area contributed by atoms with Crippen molar-refractivity contribution in [2.75, 3.05) is 0 Å². The summed E-state index contributed by atoms with van der Waals surface area (Å²) in [7, 11) is 0. The Hall–Kier alpha value is -12.3. The molecule has 3 aliphatic carbocycles.